The molecular weight excluding hydrogens is 261 g/mol. The number of benzene rings is 1. The molecule has 0 aliphatic heterocycles. The molecule has 3 nitrogen and oxygen atoms in total. The molecule has 0 heterocycles. The third-order valence-corrected chi connectivity index (χ3v) is 2.73. The Labute approximate surface area is 112 Å². The first-order valence-corrected chi connectivity index (χ1v) is 6.30. The van der Waals surface area contributed by atoms with Crippen LogP contribution in [0.3, 0.4) is 0 Å². The zero-order chi connectivity index (χ0) is 12.8. The van der Waals surface area contributed by atoms with Crippen LogP contribution in [0.2, 0.25) is 10.0 Å². The van der Waals surface area contributed by atoms with Crippen molar-refractivity contribution in [3.05, 3.63) is 27.7 Å². The molecule has 0 aromatic heterocycles. The van der Waals surface area contributed by atoms with Gasteiger partial charge in [0.15, 0.2) is 0 Å². The molecule has 0 bridgehead atoms. The van der Waals surface area contributed by atoms with Gasteiger partial charge in [-0.15, -0.1) is 0 Å². The maximum atomic E-state index is 9.00. The van der Waals surface area contributed by atoms with Crippen LogP contribution in [0, 0.1) is 0 Å². The maximum Gasteiger partial charge on any atom is 0.143 e. The van der Waals surface area contributed by atoms with Crippen molar-refractivity contribution in [3.63, 3.8) is 0 Å². The fourth-order valence-corrected chi connectivity index (χ4v) is 1.96. The second-order valence-electron chi connectivity index (χ2n) is 3.77. The summed E-state index contributed by atoms with van der Waals surface area (Å²) in [6.45, 7) is 5.22. The quantitative estimate of drug-likeness (QED) is 0.840. The minimum atomic E-state index is -0.297. The van der Waals surface area contributed by atoms with Gasteiger partial charge >= 0.3 is 0 Å². The number of rotatable bonds is 6. The largest absolute Gasteiger partial charge is 0.486 e. The Morgan fingerprint density at radius 1 is 1.41 bits per heavy atom. The molecule has 1 aromatic rings. The van der Waals surface area contributed by atoms with Crippen molar-refractivity contribution in [2.75, 3.05) is 13.2 Å². The summed E-state index contributed by atoms with van der Waals surface area (Å²) in [4.78, 5) is 0. The third-order valence-electron chi connectivity index (χ3n) is 2.23. The molecule has 0 amide bonds. The van der Waals surface area contributed by atoms with E-state index in [9.17, 15) is 0 Å². The molecule has 17 heavy (non-hydrogen) atoms. The van der Waals surface area contributed by atoms with Gasteiger partial charge in [0.2, 0.25) is 0 Å². The van der Waals surface area contributed by atoms with Gasteiger partial charge in [-0.3, -0.25) is 0 Å². The number of hydrogen-bond acceptors (Lipinski definition) is 3. The second kappa shape index (κ2) is 7.07. The molecule has 5 heteroatoms. The first-order chi connectivity index (χ1) is 8.08. The molecule has 0 saturated heterocycles. The Hall–Kier alpha value is -0.480. The van der Waals surface area contributed by atoms with E-state index in [1.807, 2.05) is 13.0 Å². The van der Waals surface area contributed by atoms with E-state index in [-0.39, 0.29) is 12.7 Å². The van der Waals surface area contributed by atoms with Crippen LogP contribution in [0.4, 0.5) is 0 Å². The van der Waals surface area contributed by atoms with Crippen LogP contribution in [0.1, 0.15) is 19.4 Å². The smallest absolute Gasteiger partial charge is 0.143 e. The Morgan fingerprint density at radius 3 is 2.71 bits per heavy atom. The van der Waals surface area contributed by atoms with Crippen molar-refractivity contribution in [1.82, 2.24) is 5.32 Å². The lowest BCUT2D eigenvalue weighted by molar-refractivity contribution is 0.128. The normalized spacial score (nSPS) is 12.5. The van der Waals surface area contributed by atoms with Crippen molar-refractivity contribution >= 4 is 23.2 Å². The number of ether oxygens (including phenoxy) is 1. The van der Waals surface area contributed by atoms with Gasteiger partial charge in [0.1, 0.15) is 11.9 Å². The lowest BCUT2D eigenvalue weighted by Gasteiger charge is -2.17. The first kappa shape index (κ1) is 14.6. The number of hydrogen-bond donors (Lipinski definition) is 2. The Bertz CT molecular complexity index is 372. The molecule has 1 rings (SSSR count). The van der Waals surface area contributed by atoms with E-state index in [0.717, 1.165) is 12.1 Å². The lowest BCUT2D eigenvalue weighted by Crippen LogP contribution is -2.19. The Morgan fingerprint density at radius 2 is 2.12 bits per heavy atom. The number of nitrogens with one attached hydrogen (secondary N) is 1. The van der Waals surface area contributed by atoms with Gasteiger partial charge in [-0.1, -0.05) is 30.1 Å². The SMILES string of the molecule is CCNCc1cc(Cl)cc(Cl)c1OC(C)CO. The van der Waals surface area contributed by atoms with E-state index < -0.39 is 0 Å². The van der Waals surface area contributed by atoms with Crippen molar-refractivity contribution < 1.29 is 9.84 Å². The predicted molar refractivity (Wildman–Crippen MR) is 71.0 cm³/mol. The third kappa shape index (κ3) is 4.36. The van der Waals surface area contributed by atoms with Crippen molar-refractivity contribution in [2.24, 2.45) is 0 Å². The average molecular weight is 278 g/mol. The molecule has 96 valence electrons. The highest BCUT2D eigenvalue weighted by atomic mass is 35.5. The summed E-state index contributed by atoms with van der Waals surface area (Å²) < 4.78 is 5.60. The van der Waals surface area contributed by atoms with Crippen LogP contribution >= 0.6 is 23.2 Å². The molecule has 0 spiro atoms. The van der Waals surface area contributed by atoms with Gasteiger partial charge in [0.05, 0.1) is 11.6 Å². The summed E-state index contributed by atoms with van der Waals surface area (Å²) >= 11 is 12.1. The van der Waals surface area contributed by atoms with E-state index in [0.29, 0.717) is 22.3 Å². The summed E-state index contributed by atoms with van der Waals surface area (Å²) in [6, 6.07) is 3.45. The van der Waals surface area contributed by atoms with Gasteiger partial charge in [-0.25, -0.2) is 0 Å². The molecule has 0 radical (unpaired) electrons. The zero-order valence-electron chi connectivity index (χ0n) is 9.96. The molecular formula is C12H17Cl2NO2. The average Bonchev–Trinajstić information content (AvgIpc) is 2.29. The molecule has 0 aliphatic carbocycles. The van der Waals surface area contributed by atoms with Crippen molar-refractivity contribution in [3.8, 4) is 5.75 Å². The summed E-state index contributed by atoms with van der Waals surface area (Å²) in [5.41, 5.74) is 0.893. The van der Waals surface area contributed by atoms with Crippen LogP contribution in [0.5, 0.6) is 5.75 Å². The first-order valence-electron chi connectivity index (χ1n) is 5.54. The lowest BCUT2D eigenvalue weighted by atomic mass is 10.2. The van der Waals surface area contributed by atoms with Crippen LogP contribution in [0.25, 0.3) is 0 Å². The van der Waals surface area contributed by atoms with E-state index in [1.165, 1.54) is 0 Å². The maximum absolute atomic E-state index is 9.00. The van der Waals surface area contributed by atoms with Gasteiger partial charge in [-0.2, -0.15) is 0 Å². The minimum absolute atomic E-state index is 0.0560. The topological polar surface area (TPSA) is 41.5 Å². The summed E-state index contributed by atoms with van der Waals surface area (Å²) in [5.74, 6) is 0.582. The highest BCUT2D eigenvalue weighted by Crippen LogP contribution is 2.33. The van der Waals surface area contributed by atoms with E-state index in [2.05, 4.69) is 5.32 Å². The summed E-state index contributed by atoms with van der Waals surface area (Å²) in [5, 5.41) is 13.2. The Balaban J connectivity index is 2.97. The van der Waals surface area contributed by atoms with E-state index in [1.54, 1.807) is 13.0 Å². The monoisotopic (exact) mass is 277 g/mol. The second-order valence-corrected chi connectivity index (χ2v) is 4.61. The van der Waals surface area contributed by atoms with Crippen LogP contribution < -0.4 is 10.1 Å². The van der Waals surface area contributed by atoms with Gasteiger partial charge in [0.25, 0.3) is 0 Å². The highest BCUT2D eigenvalue weighted by molar-refractivity contribution is 6.35. The molecule has 2 N–H and O–H groups in total. The minimum Gasteiger partial charge on any atom is -0.486 e. The Kier molecular flexibility index (Phi) is 6.06. The number of aliphatic hydroxyl groups excluding tert-OH is 1. The predicted octanol–water partition coefficient (Wildman–Crippen LogP) is 2.86. The van der Waals surface area contributed by atoms with Crippen LogP contribution in [0.15, 0.2) is 12.1 Å². The van der Waals surface area contributed by atoms with Crippen molar-refractivity contribution in [2.45, 2.75) is 26.5 Å². The van der Waals surface area contributed by atoms with Gasteiger partial charge in [-0.05, 0) is 25.6 Å². The molecule has 0 fully saturated rings. The fourth-order valence-electron chi connectivity index (χ4n) is 1.38. The van der Waals surface area contributed by atoms with Gasteiger partial charge < -0.3 is 15.2 Å². The van der Waals surface area contributed by atoms with Crippen LogP contribution in [-0.4, -0.2) is 24.4 Å². The van der Waals surface area contributed by atoms with Gasteiger partial charge in [0, 0.05) is 17.1 Å². The highest BCUT2D eigenvalue weighted by Gasteiger charge is 2.13. The summed E-state index contributed by atoms with van der Waals surface area (Å²) in [7, 11) is 0. The van der Waals surface area contributed by atoms with Crippen LogP contribution in [-0.2, 0) is 6.54 Å². The molecule has 1 atom stereocenters. The van der Waals surface area contributed by atoms with Crippen molar-refractivity contribution in [1.29, 1.82) is 0 Å². The molecule has 1 aromatic carbocycles. The number of halogens is 2. The van der Waals surface area contributed by atoms with E-state index in [4.69, 9.17) is 33.0 Å². The zero-order valence-corrected chi connectivity index (χ0v) is 11.5. The standard InChI is InChI=1S/C12H17Cl2NO2/c1-3-15-6-9-4-10(13)5-11(14)12(9)17-8(2)7-16/h4-5,8,15-16H,3,6-7H2,1-2H3. The van der Waals surface area contributed by atoms with E-state index >= 15 is 0 Å². The molecule has 0 aliphatic rings. The fraction of sp³-hybridized carbons (Fsp3) is 0.500. The molecule has 1 unspecified atom stereocenters. The number of aliphatic hydroxyl groups is 1. The summed E-state index contributed by atoms with van der Waals surface area (Å²) in [6.07, 6.45) is -0.297. The molecule has 0 saturated carbocycles.